The zero-order valence-corrected chi connectivity index (χ0v) is 16.7. The smallest absolute Gasteiger partial charge is 0.300 e. The van der Waals surface area contributed by atoms with Crippen LogP contribution in [0.15, 0.2) is 95.9 Å². The fraction of sp³-hybridized carbons (Fsp3) is 0.0400. The molecule has 1 N–H and O–H groups in total. The molecular formula is C25H17NO3S. The number of hydrogen-bond acceptors (Lipinski definition) is 4. The standard InChI is InChI=1S/C25H17NO3S/c27-23(19-13-6-9-16-8-4-5-12-18(16)19)21-22(20-14-7-15-30-20)26(25(29)24(21)28)17-10-2-1-3-11-17/h1-15,22,27H/b23-21-. The van der Waals surface area contributed by atoms with Gasteiger partial charge in [-0.1, -0.05) is 66.7 Å². The van der Waals surface area contributed by atoms with Crippen molar-refractivity contribution in [2.45, 2.75) is 6.04 Å². The van der Waals surface area contributed by atoms with E-state index in [0.29, 0.717) is 11.3 Å². The van der Waals surface area contributed by atoms with Gasteiger partial charge in [-0.05, 0) is 34.4 Å². The minimum absolute atomic E-state index is 0.114. The third-order valence-electron chi connectivity index (χ3n) is 5.34. The molecule has 5 heteroatoms. The summed E-state index contributed by atoms with van der Waals surface area (Å²) in [7, 11) is 0. The van der Waals surface area contributed by atoms with Gasteiger partial charge >= 0.3 is 0 Å². The van der Waals surface area contributed by atoms with Crippen molar-refractivity contribution in [3.63, 3.8) is 0 Å². The van der Waals surface area contributed by atoms with E-state index >= 15 is 0 Å². The number of carbonyl (C=O) groups excluding carboxylic acids is 2. The number of aliphatic hydroxyl groups is 1. The van der Waals surface area contributed by atoms with Crippen LogP contribution in [0, 0.1) is 0 Å². The second kappa shape index (κ2) is 7.28. The molecule has 4 aromatic rings. The molecule has 0 saturated carbocycles. The molecule has 3 aromatic carbocycles. The highest BCUT2D eigenvalue weighted by Gasteiger charge is 2.47. The third kappa shape index (κ3) is 2.83. The molecule has 1 fully saturated rings. The van der Waals surface area contributed by atoms with E-state index in [0.717, 1.165) is 15.6 Å². The lowest BCUT2D eigenvalue weighted by atomic mass is 9.96. The molecule has 1 amide bonds. The van der Waals surface area contributed by atoms with Gasteiger partial charge in [0, 0.05) is 16.1 Å². The lowest BCUT2D eigenvalue weighted by molar-refractivity contribution is -0.132. The van der Waals surface area contributed by atoms with E-state index in [1.54, 1.807) is 18.2 Å². The molecule has 1 saturated heterocycles. The Kier molecular flexibility index (Phi) is 4.45. The molecule has 5 rings (SSSR count). The maximum Gasteiger partial charge on any atom is 0.300 e. The zero-order valence-electron chi connectivity index (χ0n) is 15.9. The Morgan fingerprint density at radius 3 is 2.33 bits per heavy atom. The first-order valence-corrected chi connectivity index (χ1v) is 10.4. The number of hydrogen-bond donors (Lipinski definition) is 1. The molecule has 0 spiro atoms. The van der Waals surface area contributed by atoms with Gasteiger partial charge in [0.1, 0.15) is 11.8 Å². The van der Waals surface area contributed by atoms with Crippen LogP contribution < -0.4 is 4.90 Å². The van der Waals surface area contributed by atoms with Gasteiger partial charge in [-0.25, -0.2) is 0 Å². The number of amides is 1. The average Bonchev–Trinajstić information content (AvgIpc) is 3.40. The Balaban J connectivity index is 1.77. The molecule has 4 nitrogen and oxygen atoms in total. The van der Waals surface area contributed by atoms with E-state index in [-0.39, 0.29) is 11.3 Å². The molecule has 0 radical (unpaired) electrons. The van der Waals surface area contributed by atoms with Crippen molar-refractivity contribution < 1.29 is 14.7 Å². The maximum absolute atomic E-state index is 13.1. The lowest BCUT2D eigenvalue weighted by Gasteiger charge is -2.24. The van der Waals surface area contributed by atoms with E-state index in [4.69, 9.17) is 0 Å². The number of rotatable bonds is 3. The summed E-state index contributed by atoms with van der Waals surface area (Å²) in [4.78, 5) is 28.5. The second-order valence-electron chi connectivity index (χ2n) is 7.05. The minimum Gasteiger partial charge on any atom is -0.507 e. The number of thiophene rings is 1. The summed E-state index contributed by atoms with van der Waals surface area (Å²) in [6.07, 6.45) is 0. The number of ketones is 1. The van der Waals surface area contributed by atoms with E-state index in [1.807, 2.05) is 72.1 Å². The number of benzene rings is 3. The summed E-state index contributed by atoms with van der Waals surface area (Å²) < 4.78 is 0. The quantitative estimate of drug-likeness (QED) is 0.274. The fourth-order valence-corrected chi connectivity index (χ4v) is 4.80. The predicted molar refractivity (Wildman–Crippen MR) is 119 cm³/mol. The Morgan fingerprint density at radius 1 is 0.833 bits per heavy atom. The first-order valence-electron chi connectivity index (χ1n) is 9.54. The van der Waals surface area contributed by atoms with Crippen molar-refractivity contribution in [1.29, 1.82) is 0 Å². The monoisotopic (exact) mass is 411 g/mol. The molecule has 1 aromatic heterocycles. The predicted octanol–water partition coefficient (Wildman–Crippen LogP) is 5.53. The van der Waals surface area contributed by atoms with Crippen molar-refractivity contribution in [1.82, 2.24) is 0 Å². The third-order valence-corrected chi connectivity index (χ3v) is 6.26. The number of nitrogens with zero attached hydrogens (tertiary/aromatic N) is 1. The molecule has 2 heterocycles. The van der Waals surface area contributed by atoms with Crippen LogP contribution in [0.25, 0.3) is 16.5 Å². The molecule has 146 valence electrons. The first kappa shape index (κ1) is 18.3. The topological polar surface area (TPSA) is 57.6 Å². The van der Waals surface area contributed by atoms with Gasteiger partial charge in [0.15, 0.2) is 0 Å². The summed E-state index contributed by atoms with van der Waals surface area (Å²) in [5, 5.41) is 15.0. The Labute approximate surface area is 177 Å². The molecule has 1 aliphatic heterocycles. The summed E-state index contributed by atoms with van der Waals surface area (Å²) in [5.74, 6) is -1.47. The second-order valence-corrected chi connectivity index (χ2v) is 8.03. The van der Waals surface area contributed by atoms with Crippen LogP contribution in [-0.4, -0.2) is 16.8 Å². The van der Waals surface area contributed by atoms with Crippen LogP contribution in [0.3, 0.4) is 0 Å². The van der Waals surface area contributed by atoms with Gasteiger partial charge in [0.05, 0.1) is 5.57 Å². The SMILES string of the molecule is O=C1C(=O)N(c2ccccc2)C(c2cccs2)/C1=C(/O)c1cccc2ccccc12. The lowest BCUT2D eigenvalue weighted by Crippen LogP contribution is -2.29. The number of carbonyl (C=O) groups is 2. The molecule has 1 aliphatic rings. The number of fused-ring (bicyclic) bond motifs is 1. The van der Waals surface area contributed by atoms with E-state index in [1.165, 1.54) is 16.2 Å². The summed E-state index contributed by atoms with van der Waals surface area (Å²) >= 11 is 1.45. The van der Waals surface area contributed by atoms with Crippen molar-refractivity contribution in [3.8, 4) is 0 Å². The number of para-hydroxylation sites is 1. The normalized spacial score (nSPS) is 18.3. The number of Topliss-reactive ketones (excluding diaryl/α,β-unsaturated/α-hetero) is 1. The van der Waals surface area contributed by atoms with Gasteiger partial charge in [-0.3, -0.25) is 14.5 Å². The van der Waals surface area contributed by atoms with Crippen molar-refractivity contribution >= 4 is 45.2 Å². The summed E-state index contributed by atoms with van der Waals surface area (Å²) in [6.45, 7) is 0. The van der Waals surface area contributed by atoms with Gasteiger partial charge in [-0.2, -0.15) is 0 Å². The molecular weight excluding hydrogens is 394 g/mol. The summed E-state index contributed by atoms with van der Waals surface area (Å²) in [6, 6.07) is 25.4. The molecule has 0 aliphatic carbocycles. The first-order chi connectivity index (χ1) is 14.7. The van der Waals surface area contributed by atoms with Gasteiger partial charge in [-0.15, -0.1) is 11.3 Å². The highest BCUT2D eigenvalue weighted by Crippen LogP contribution is 2.44. The highest BCUT2D eigenvalue weighted by molar-refractivity contribution is 7.10. The molecule has 30 heavy (non-hydrogen) atoms. The Bertz CT molecular complexity index is 1290. The van der Waals surface area contributed by atoms with Crippen molar-refractivity contribution in [3.05, 3.63) is 106 Å². The van der Waals surface area contributed by atoms with Crippen LogP contribution >= 0.6 is 11.3 Å². The van der Waals surface area contributed by atoms with Crippen LogP contribution in [-0.2, 0) is 9.59 Å². The fourth-order valence-electron chi connectivity index (χ4n) is 3.98. The van der Waals surface area contributed by atoms with Crippen LogP contribution in [0.4, 0.5) is 5.69 Å². The van der Waals surface area contributed by atoms with Crippen molar-refractivity contribution in [2.75, 3.05) is 4.90 Å². The van der Waals surface area contributed by atoms with E-state index in [9.17, 15) is 14.7 Å². The van der Waals surface area contributed by atoms with Gasteiger partial charge in [0.2, 0.25) is 0 Å². The van der Waals surface area contributed by atoms with Crippen LogP contribution in [0.1, 0.15) is 16.5 Å². The Hall–Kier alpha value is -3.70. The van der Waals surface area contributed by atoms with Crippen LogP contribution in [0.2, 0.25) is 0 Å². The van der Waals surface area contributed by atoms with Crippen LogP contribution in [0.5, 0.6) is 0 Å². The summed E-state index contributed by atoms with van der Waals surface area (Å²) in [5.41, 5.74) is 1.28. The van der Waals surface area contributed by atoms with Gasteiger partial charge < -0.3 is 5.11 Å². The largest absolute Gasteiger partial charge is 0.507 e. The molecule has 1 unspecified atom stereocenters. The average molecular weight is 411 g/mol. The van der Waals surface area contributed by atoms with Gasteiger partial charge in [0.25, 0.3) is 11.7 Å². The van der Waals surface area contributed by atoms with Crippen molar-refractivity contribution in [2.24, 2.45) is 0 Å². The maximum atomic E-state index is 13.1. The minimum atomic E-state index is -0.678. The Morgan fingerprint density at radius 2 is 1.57 bits per heavy atom. The van der Waals surface area contributed by atoms with E-state index in [2.05, 4.69) is 0 Å². The molecule has 0 bridgehead atoms. The van der Waals surface area contributed by atoms with E-state index < -0.39 is 17.7 Å². The number of aliphatic hydroxyl groups excluding tert-OH is 1. The highest BCUT2D eigenvalue weighted by atomic mass is 32.1. The number of anilines is 1. The zero-order chi connectivity index (χ0) is 20.7. The molecule has 1 atom stereocenters.